The van der Waals surface area contributed by atoms with Crippen LogP contribution in [0.1, 0.15) is 58.3 Å². The Labute approximate surface area is 151 Å². The van der Waals surface area contributed by atoms with Crippen LogP contribution in [0.25, 0.3) is 0 Å². The molecule has 5 nitrogen and oxygen atoms in total. The van der Waals surface area contributed by atoms with E-state index in [0.717, 1.165) is 32.0 Å². The van der Waals surface area contributed by atoms with Crippen LogP contribution < -0.4 is 10.7 Å². The van der Waals surface area contributed by atoms with E-state index in [1.54, 1.807) is 0 Å². The van der Waals surface area contributed by atoms with Gasteiger partial charge in [-0.05, 0) is 58.0 Å². The molecule has 5 rings (SSSR count). The SMILES string of the molecule is CC1NN(C2CCCN(C3CCC3)C2)C23CCNCC2CC(=O)CC13. The zero-order valence-corrected chi connectivity index (χ0v) is 15.7. The summed E-state index contributed by atoms with van der Waals surface area (Å²) in [5.74, 6) is 1.48. The molecule has 2 N–H and O–H groups in total. The van der Waals surface area contributed by atoms with Gasteiger partial charge in [-0.1, -0.05) is 6.42 Å². The largest absolute Gasteiger partial charge is 0.316 e. The summed E-state index contributed by atoms with van der Waals surface area (Å²) in [5, 5.41) is 6.29. The third-order valence-electron chi connectivity index (χ3n) is 8.14. The molecule has 1 spiro atoms. The molecule has 3 aliphatic heterocycles. The number of likely N-dealkylation sites (tertiary alicyclic amines) is 1. The maximum absolute atomic E-state index is 12.4. The number of carbonyl (C=O) groups is 1. The van der Waals surface area contributed by atoms with Crippen LogP contribution in [0, 0.1) is 11.8 Å². The average molecular weight is 347 g/mol. The van der Waals surface area contributed by atoms with E-state index in [1.165, 1.54) is 51.6 Å². The molecule has 0 aromatic carbocycles. The molecular formula is C20H34N4O. The molecule has 3 heterocycles. The van der Waals surface area contributed by atoms with E-state index in [1.807, 2.05) is 0 Å². The lowest BCUT2D eigenvalue weighted by Gasteiger charge is -2.56. The van der Waals surface area contributed by atoms with Gasteiger partial charge in [0, 0.05) is 55.5 Å². The van der Waals surface area contributed by atoms with E-state index in [9.17, 15) is 4.79 Å². The number of hydrazine groups is 1. The van der Waals surface area contributed by atoms with Gasteiger partial charge >= 0.3 is 0 Å². The summed E-state index contributed by atoms with van der Waals surface area (Å²) in [6.45, 7) is 6.96. The van der Waals surface area contributed by atoms with Crippen molar-refractivity contribution in [1.82, 2.24) is 20.7 Å². The van der Waals surface area contributed by atoms with Crippen molar-refractivity contribution in [2.45, 2.75) is 82.0 Å². The molecule has 0 bridgehead atoms. The van der Waals surface area contributed by atoms with Crippen molar-refractivity contribution in [2.75, 3.05) is 26.2 Å². The van der Waals surface area contributed by atoms with Gasteiger partial charge in [0.05, 0.1) is 0 Å². The van der Waals surface area contributed by atoms with E-state index in [2.05, 4.69) is 27.6 Å². The fourth-order valence-corrected chi connectivity index (χ4v) is 6.72. The molecule has 2 aliphatic carbocycles. The summed E-state index contributed by atoms with van der Waals surface area (Å²) < 4.78 is 0. The number of nitrogens with zero attached hydrogens (tertiary/aromatic N) is 2. The van der Waals surface area contributed by atoms with E-state index in [4.69, 9.17) is 0 Å². The molecule has 5 aliphatic rings. The van der Waals surface area contributed by atoms with E-state index in [0.29, 0.717) is 29.7 Å². The summed E-state index contributed by atoms with van der Waals surface area (Å²) in [7, 11) is 0. The molecular weight excluding hydrogens is 312 g/mol. The quantitative estimate of drug-likeness (QED) is 0.794. The highest BCUT2D eigenvalue weighted by molar-refractivity contribution is 5.80. The van der Waals surface area contributed by atoms with Crippen LogP contribution >= 0.6 is 0 Å². The van der Waals surface area contributed by atoms with Gasteiger partial charge < -0.3 is 5.32 Å². The summed E-state index contributed by atoms with van der Waals surface area (Å²) in [6, 6.07) is 1.91. The summed E-state index contributed by atoms with van der Waals surface area (Å²) >= 11 is 0. The standard InChI is InChI=1S/C20H34N4O/c1-14-19-11-18(25)10-15-12-21-8-7-20(15,19)24(22-14)17-6-3-9-23(13-17)16-4-2-5-16/h14-17,19,21-22H,2-13H2,1H3. The van der Waals surface area contributed by atoms with Gasteiger partial charge in [0.1, 0.15) is 5.78 Å². The zero-order chi connectivity index (χ0) is 17.0. The van der Waals surface area contributed by atoms with Crippen LogP contribution in [0.2, 0.25) is 0 Å². The third-order valence-corrected chi connectivity index (χ3v) is 8.14. The number of ketones is 1. The third kappa shape index (κ3) is 2.53. The van der Waals surface area contributed by atoms with Crippen molar-refractivity contribution in [3.05, 3.63) is 0 Å². The Morgan fingerprint density at radius 3 is 2.76 bits per heavy atom. The normalized spacial score (nSPS) is 46.5. The number of piperidine rings is 2. The molecule has 5 atom stereocenters. The lowest BCUT2D eigenvalue weighted by Crippen LogP contribution is -2.68. The number of nitrogens with one attached hydrogen (secondary N) is 2. The first-order valence-electron chi connectivity index (χ1n) is 10.7. The highest BCUT2D eigenvalue weighted by Gasteiger charge is 2.61. The second kappa shape index (κ2) is 6.29. The summed E-state index contributed by atoms with van der Waals surface area (Å²) in [6.07, 6.45) is 9.66. The first kappa shape index (κ1) is 16.7. The number of carbonyl (C=O) groups excluding carboxylic acids is 1. The monoisotopic (exact) mass is 346 g/mol. The second-order valence-electron chi connectivity index (χ2n) is 9.36. The molecule has 25 heavy (non-hydrogen) atoms. The summed E-state index contributed by atoms with van der Waals surface area (Å²) in [4.78, 5) is 15.2. The zero-order valence-electron chi connectivity index (χ0n) is 15.7. The first-order valence-corrected chi connectivity index (χ1v) is 10.7. The molecule has 0 amide bonds. The Balaban J connectivity index is 1.43. The Kier molecular flexibility index (Phi) is 4.20. The first-order chi connectivity index (χ1) is 12.2. The molecule has 140 valence electrons. The Hall–Kier alpha value is -0.490. The Morgan fingerprint density at radius 2 is 1.96 bits per heavy atom. The fourth-order valence-electron chi connectivity index (χ4n) is 6.72. The second-order valence-corrected chi connectivity index (χ2v) is 9.36. The van der Waals surface area contributed by atoms with Crippen molar-refractivity contribution in [2.24, 2.45) is 11.8 Å². The van der Waals surface area contributed by atoms with E-state index < -0.39 is 0 Å². The van der Waals surface area contributed by atoms with E-state index in [-0.39, 0.29) is 5.54 Å². The van der Waals surface area contributed by atoms with Crippen molar-refractivity contribution in [3.8, 4) is 0 Å². The lowest BCUT2D eigenvalue weighted by atomic mass is 9.61. The molecule has 5 fully saturated rings. The van der Waals surface area contributed by atoms with Gasteiger partial charge in [0.15, 0.2) is 0 Å². The van der Waals surface area contributed by atoms with Gasteiger partial charge in [-0.3, -0.25) is 15.1 Å². The molecule has 2 saturated carbocycles. The maximum atomic E-state index is 12.4. The van der Waals surface area contributed by atoms with Gasteiger partial charge in [-0.15, -0.1) is 0 Å². The van der Waals surface area contributed by atoms with Crippen LogP contribution in [0.4, 0.5) is 0 Å². The topological polar surface area (TPSA) is 47.6 Å². The number of hydrogen-bond donors (Lipinski definition) is 2. The van der Waals surface area contributed by atoms with Crippen molar-refractivity contribution < 1.29 is 4.79 Å². The predicted octanol–water partition coefficient (Wildman–Crippen LogP) is 1.54. The van der Waals surface area contributed by atoms with Crippen molar-refractivity contribution in [3.63, 3.8) is 0 Å². The smallest absolute Gasteiger partial charge is 0.133 e. The minimum atomic E-state index is 0.214. The van der Waals surface area contributed by atoms with Gasteiger partial charge in [-0.2, -0.15) is 0 Å². The number of Topliss-reactive ketones (excluding diaryl/α,β-unsaturated/α-hetero) is 1. The van der Waals surface area contributed by atoms with Gasteiger partial charge in [-0.25, -0.2) is 5.01 Å². The van der Waals surface area contributed by atoms with Crippen LogP contribution in [0.3, 0.4) is 0 Å². The van der Waals surface area contributed by atoms with Crippen LogP contribution in [0.15, 0.2) is 0 Å². The van der Waals surface area contributed by atoms with Crippen LogP contribution in [-0.2, 0) is 4.79 Å². The molecule has 3 saturated heterocycles. The molecule has 5 heteroatoms. The number of rotatable bonds is 2. The molecule has 5 unspecified atom stereocenters. The number of hydrogen-bond acceptors (Lipinski definition) is 5. The Morgan fingerprint density at radius 1 is 1.12 bits per heavy atom. The minimum Gasteiger partial charge on any atom is -0.316 e. The van der Waals surface area contributed by atoms with Crippen LogP contribution in [0.5, 0.6) is 0 Å². The predicted molar refractivity (Wildman–Crippen MR) is 98.1 cm³/mol. The summed E-state index contributed by atoms with van der Waals surface area (Å²) in [5.41, 5.74) is 4.11. The Bertz CT molecular complexity index is 536. The van der Waals surface area contributed by atoms with Gasteiger partial charge in [0.2, 0.25) is 0 Å². The minimum absolute atomic E-state index is 0.214. The fraction of sp³-hybridized carbons (Fsp3) is 0.950. The van der Waals surface area contributed by atoms with Gasteiger partial charge in [0.25, 0.3) is 0 Å². The molecule has 0 aromatic heterocycles. The van der Waals surface area contributed by atoms with Crippen LogP contribution in [-0.4, -0.2) is 65.5 Å². The molecule has 0 aromatic rings. The molecule has 0 radical (unpaired) electrons. The highest BCUT2D eigenvalue weighted by Crippen LogP contribution is 2.51. The maximum Gasteiger partial charge on any atom is 0.133 e. The van der Waals surface area contributed by atoms with Crippen molar-refractivity contribution in [1.29, 1.82) is 0 Å². The lowest BCUT2D eigenvalue weighted by molar-refractivity contribution is -0.133. The highest BCUT2D eigenvalue weighted by atomic mass is 16.1. The van der Waals surface area contributed by atoms with E-state index >= 15 is 0 Å². The van der Waals surface area contributed by atoms with Crippen molar-refractivity contribution >= 4 is 5.78 Å². The average Bonchev–Trinajstić information content (AvgIpc) is 2.84.